The molecule has 0 aliphatic carbocycles. The van der Waals surface area contributed by atoms with Crippen molar-refractivity contribution in [3.8, 4) is 0 Å². The molecule has 1 nitrogen and oxygen atoms in total. The minimum Gasteiger partial charge on any atom is -0.276 e. The van der Waals surface area contributed by atoms with E-state index in [1.807, 2.05) is 0 Å². The van der Waals surface area contributed by atoms with E-state index in [1.54, 1.807) is 19.1 Å². The topological polar surface area (TPSA) is 17.1 Å². The highest BCUT2D eigenvalue weighted by molar-refractivity contribution is 9.10. The first-order valence-electron chi connectivity index (χ1n) is 3.18. The van der Waals surface area contributed by atoms with Gasteiger partial charge in [0.2, 0.25) is 0 Å². The average molecular weight is 268 g/mol. The van der Waals surface area contributed by atoms with Crippen LogP contribution in [0.15, 0.2) is 16.6 Å². The Kier molecular flexibility index (Phi) is 3.16. The highest BCUT2D eigenvalue weighted by Crippen LogP contribution is 2.25. The number of hydrogen-bond donors (Lipinski definition) is 0. The Morgan fingerprint density at radius 2 is 2.08 bits per heavy atom. The lowest BCUT2D eigenvalue weighted by Crippen LogP contribution is -1.93. The molecule has 0 atom stereocenters. The molecular formula is C8H5BrCl2O. The van der Waals surface area contributed by atoms with Crippen molar-refractivity contribution in [3.63, 3.8) is 0 Å². The summed E-state index contributed by atoms with van der Waals surface area (Å²) in [6, 6.07) is 3.37. The largest absolute Gasteiger partial charge is 0.276 e. The molecule has 0 unspecified atom stereocenters. The van der Waals surface area contributed by atoms with Crippen molar-refractivity contribution in [1.29, 1.82) is 0 Å². The van der Waals surface area contributed by atoms with E-state index in [0.717, 1.165) is 4.47 Å². The predicted molar refractivity (Wildman–Crippen MR) is 54.1 cm³/mol. The lowest BCUT2D eigenvalue weighted by Gasteiger charge is -2.03. The number of benzene rings is 1. The maximum Gasteiger partial charge on any atom is 0.252 e. The van der Waals surface area contributed by atoms with Crippen LogP contribution >= 0.6 is 39.1 Å². The van der Waals surface area contributed by atoms with Gasteiger partial charge in [0.1, 0.15) is 0 Å². The summed E-state index contributed by atoms with van der Waals surface area (Å²) in [7, 11) is 0. The lowest BCUT2D eigenvalue weighted by molar-refractivity contribution is 0.108. The third-order valence-electron chi connectivity index (χ3n) is 1.52. The third kappa shape index (κ3) is 2.00. The van der Waals surface area contributed by atoms with E-state index in [9.17, 15) is 4.79 Å². The van der Waals surface area contributed by atoms with Crippen molar-refractivity contribution in [2.45, 2.75) is 6.92 Å². The summed E-state index contributed by atoms with van der Waals surface area (Å²) >= 11 is 14.4. The van der Waals surface area contributed by atoms with Gasteiger partial charge < -0.3 is 0 Å². The summed E-state index contributed by atoms with van der Waals surface area (Å²) in [4.78, 5) is 10.9. The van der Waals surface area contributed by atoms with Crippen molar-refractivity contribution in [1.82, 2.24) is 0 Å². The Balaban J connectivity index is 3.37. The van der Waals surface area contributed by atoms with Crippen molar-refractivity contribution >= 4 is 44.4 Å². The van der Waals surface area contributed by atoms with Crippen molar-refractivity contribution in [3.05, 3.63) is 32.8 Å². The molecule has 0 spiro atoms. The van der Waals surface area contributed by atoms with E-state index >= 15 is 0 Å². The molecule has 1 aromatic carbocycles. The zero-order valence-corrected chi connectivity index (χ0v) is 9.29. The monoisotopic (exact) mass is 266 g/mol. The Labute approximate surface area is 88.8 Å². The zero-order valence-electron chi connectivity index (χ0n) is 6.20. The van der Waals surface area contributed by atoms with Crippen LogP contribution in [-0.4, -0.2) is 5.24 Å². The van der Waals surface area contributed by atoms with Crippen molar-refractivity contribution in [2.75, 3.05) is 0 Å². The number of rotatable bonds is 1. The van der Waals surface area contributed by atoms with Gasteiger partial charge in [-0.2, -0.15) is 0 Å². The van der Waals surface area contributed by atoms with Gasteiger partial charge in [-0.05, 0) is 36.2 Å². The van der Waals surface area contributed by atoms with Gasteiger partial charge in [-0.1, -0.05) is 27.5 Å². The molecular weight excluding hydrogens is 263 g/mol. The normalized spacial score (nSPS) is 10.0. The Hall–Kier alpha value is -0.0500. The molecule has 0 aromatic heterocycles. The second kappa shape index (κ2) is 3.77. The van der Waals surface area contributed by atoms with Gasteiger partial charge in [-0.15, -0.1) is 0 Å². The molecule has 0 fully saturated rings. The van der Waals surface area contributed by atoms with Gasteiger partial charge in [0.05, 0.1) is 0 Å². The Morgan fingerprint density at radius 1 is 1.50 bits per heavy atom. The van der Waals surface area contributed by atoms with Crippen LogP contribution in [0.3, 0.4) is 0 Å². The van der Waals surface area contributed by atoms with Crippen LogP contribution in [0.2, 0.25) is 5.02 Å². The summed E-state index contributed by atoms with van der Waals surface area (Å²) in [5.74, 6) is 0. The molecule has 0 aliphatic heterocycles. The molecule has 4 heteroatoms. The maximum atomic E-state index is 10.9. The third-order valence-corrected chi connectivity index (χ3v) is 2.57. The van der Waals surface area contributed by atoms with E-state index in [1.165, 1.54) is 0 Å². The van der Waals surface area contributed by atoms with E-state index < -0.39 is 5.24 Å². The van der Waals surface area contributed by atoms with Gasteiger partial charge in [0.15, 0.2) is 0 Å². The highest BCUT2D eigenvalue weighted by atomic mass is 79.9. The van der Waals surface area contributed by atoms with Crippen LogP contribution in [0.5, 0.6) is 0 Å². The first kappa shape index (κ1) is 10.0. The summed E-state index contributed by atoms with van der Waals surface area (Å²) in [5.41, 5.74) is 1.15. The number of carbonyl (C=O) groups is 1. The summed E-state index contributed by atoms with van der Waals surface area (Å²) in [5, 5.41) is 0.0454. The van der Waals surface area contributed by atoms with E-state index in [0.29, 0.717) is 16.1 Å². The second-order valence-corrected chi connectivity index (χ2v) is 4.00. The van der Waals surface area contributed by atoms with Gasteiger partial charge >= 0.3 is 0 Å². The minimum absolute atomic E-state index is 0.441. The molecule has 0 radical (unpaired) electrons. The summed E-state index contributed by atoms with van der Waals surface area (Å²) in [6.45, 7) is 1.75. The van der Waals surface area contributed by atoms with Crippen LogP contribution < -0.4 is 0 Å². The molecule has 1 aromatic rings. The first-order valence-corrected chi connectivity index (χ1v) is 4.72. The fourth-order valence-electron chi connectivity index (χ4n) is 0.850. The van der Waals surface area contributed by atoms with Crippen LogP contribution in [0, 0.1) is 6.92 Å². The lowest BCUT2D eigenvalue weighted by atomic mass is 10.1. The van der Waals surface area contributed by atoms with Crippen molar-refractivity contribution in [2.24, 2.45) is 0 Å². The minimum atomic E-state index is -0.490. The molecule has 0 amide bonds. The molecule has 0 aliphatic rings. The van der Waals surface area contributed by atoms with E-state index in [-0.39, 0.29) is 0 Å². The van der Waals surface area contributed by atoms with Crippen LogP contribution in [-0.2, 0) is 0 Å². The zero-order chi connectivity index (χ0) is 9.30. The predicted octanol–water partition coefficient (Wildman–Crippen LogP) is 3.79. The molecule has 0 saturated carbocycles. The number of halogens is 3. The molecule has 12 heavy (non-hydrogen) atoms. The maximum absolute atomic E-state index is 10.9. The van der Waals surface area contributed by atoms with Crippen LogP contribution in [0.1, 0.15) is 15.9 Å². The summed E-state index contributed by atoms with van der Waals surface area (Å²) in [6.07, 6.45) is 0. The van der Waals surface area contributed by atoms with Gasteiger partial charge in [0.25, 0.3) is 5.24 Å². The van der Waals surface area contributed by atoms with Crippen LogP contribution in [0.4, 0.5) is 0 Å². The number of carbonyl (C=O) groups excluding carboxylic acids is 1. The SMILES string of the molecule is Cc1c(Cl)cc(Br)cc1C(=O)Cl. The Morgan fingerprint density at radius 3 is 2.58 bits per heavy atom. The fraction of sp³-hybridized carbons (Fsp3) is 0.125. The molecule has 1 rings (SSSR count). The molecule has 0 heterocycles. The van der Waals surface area contributed by atoms with Crippen molar-refractivity contribution < 1.29 is 4.79 Å². The standard InChI is InChI=1S/C8H5BrCl2O/c1-4-6(8(11)12)2-5(9)3-7(4)10/h2-3H,1H3. The van der Waals surface area contributed by atoms with Gasteiger partial charge in [-0.25, -0.2) is 0 Å². The Bertz CT molecular complexity index is 336. The molecule has 0 N–H and O–H groups in total. The smallest absolute Gasteiger partial charge is 0.252 e. The number of hydrogen-bond acceptors (Lipinski definition) is 1. The fourth-order valence-corrected chi connectivity index (χ4v) is 1.86. The van der Waals surface area contributed by atoms with Gasteiger partial charge in [-0.3, -0.25) is 4.79 Å². The average Bonchev–Trinajstić information content (AvgIpc) is 1.96. The highest BCUT2D eigenvalue weighted by Gasteiger charge is 2.09. The van der Waals surface area contributed by atoms with Crippen LogP contribution in [0.25, 0.3) is 0 Å². The van der Waals surface area contributed by atoms with E-state index in [4.69, 9.17) is 23.2 Å². The molecule has 64 valence electrons. The van der Waals surface area contributed by atoms with E-state index in [2.05, 4.69) is 15.9 Å². The summed E-state index contributed by atoms with van der Waals surface area (Å²) < 4.78 is 0.752. The quantitative estimate of drug-likeness (QED) is 0.708. The molecule has 0 saturated heterocycles. The van der Waals surface area contributed by atoms with Gasteiger partial charge in [0, 0.05) is 15.1 Å². The second-order valence-electron chi connectivity index (χ2n) is 2.33. The molecule has 0 bridgehead atoms. The first-order chi connectivity index (χ1) is 5.52.